The second-order valence-electron chi connectivity index (χ2n) is 10.5. The minimum atomic E-state index is -3.96. The summed E-state index contributed by atoms with van der Waals surface area (Å²) in [4.78, 5) is 27.1. The van der Waals surface area contributed by atoms with Gasteiger partial charge in [-0.05, 0) is 63.3 Å². The molecule has 0 saturated heterocycles. The Kier molecular flexibility index (Phi) is 20.1. The van der Waals surface area contributed by atoms with Crippen molar-refractivity contribution in [3.05, 3.63) is 59.7 Å². The third-order valence-corrected chi connectivity index (χ3v) is 10.4. The van der Waals surface area contributed by atoms with Crippen LogP contribution in [0.3, 0.4) is 0 Å². The maximum atomic E-state index is 12.6. The molecule has 2 aliphatic rings. The number of para-hydroxylation sites is 1. The first kappa shape index (κ1) is 46.0. The van der Waals surface area contributed by atoms with E-state index in [1.165, 1.54) is 5.56 Å². The summed E-state index contributed by atoms with van der Waals surface area (Å²) in [7, 11) is -13.2. The number of aliphatic imine (C=N–C) groups is 2. The normalized spacial score (nSPS) is 19.0. The van der Waals surface area contributed by atoms with Gasteiger partial charge in [0.15, 0.2) is 0 Å². The molecule has 2 aromatic carbocycles. The molecule has 47 heavy (non-hydrogen) atoms. The molecule has 4 rings (SSSR count). The van der Waals surface area contributed by atoms with Crippen LogP contribution >= 0.6 is 15.2 Å². The van der Waals surface area contributed by atoms with E-state index in [2.05, 4.69) is 29.0 Å². The van der Waals surface area contributed by atoms with E-state index in [-0.39, 0.29) is 68.4 Å². The molecule has 0 amide bonds. The molecule has 0 spiro atoms. The van der Waals surface area contributed by atoms with Gasteiger partial charge in [0.2, 0.25) is 0 Å². The van der Waals surface area contributed by atoms with Gasteiger partial charge in [-0.25, -0.2) is 0 Å². The van der Waals surface area contributed by atoms with Gasteiger partial charge in [-0.2, -0.15) is 18.2 Å². The zero-order valence-corrected chi connectivity index (χ0v) is 33.9. The van der Waals surface area contributed by atoms with E-state index in [1.54, 1.807) is 6.07 Å². The first-order valence-corrected chi connectivity index (χ1v) is 19.4. The predicted molar refractivity (Wildman–Crippen MR) is 173 cm³/mol. The smallest absolute Gasteiger partial charge is 0.324 e. The Hall–Kier alpha value is -1.04. The first-order valence-electron chi connectivity index (χ1n) is 13.9. The van der Waals surface area contributed by atoms with Crippen LogP contribution in [0.5, 0.6) is 0 Å². The molecule has 2 aliphatic heterocycles. The summed E-state index contributed by atoms with van der Waals surface area (Å²) in [6.07, 6.45) is 1.39. The number of nitrogens with zero attached hydrogens (tertiary/aromatic N) is 2. The predicted octanol–water partition coefficient (Wildman–Crippen LogP) is 2.12. The maximum absolute atomic E-state index is 12.6. The van der Waals surface area contributed by atoms with Gasteiger partial charge < -0.3 is 18.8 Å². The molecule has 2 N–H and O–H groups in total. The van der Waals surface area contributed by atoms with E-state index >= 15 is 0 Å². The first-order chi connectivity index (χ1) is 21.2. The Balaban J connectivity index is 0.000000729. The Morgan fingerprint density at radius 1 is 0.766 bits per heavy atom. The molecule has 0 bridgehead atoms. The minimum absolute atomic E-state index is 0. The van der Waals surface area contributed by atoms with Crippen molar-refractivity contribution in [2.24, 2.45) is 9.98 Å². The Labute approximate surface area is 321 Å². The number of hydrogen-bond donors (Lipinski definition) is 2. The summed E-state index contributed by atoms with van der Waals surface area (Å²) in [5.41, 5.74) is 5.49. The quantitative estimate of drug-likeness (QED) is 0.202. The topological polar surface area (TPSA) is 220 Å². The Morgan fingerprint density at radius 2 is 1.19 bits per heavy atom. The Morgan fingerprint density at radius 3 is 1.66 bits per heavy atom. The molecule has 2 heterocycles. The van der Waals surface area contributed by atoms with Crippen LogP contribution < -0.4 is 51.4 Å². The molecular weight excluding hydrogens is 721 g/mol. The summed E-state index contributed by atoms with van der Waals surface area (Å²) in [5.74, 6) is 0. The number of benzene rings is 2. The number of rotatable bonds is 10. The number of fused-ring (bicyclic) bond motifs is 2. The molecule has 0 aliphatic carbocycles. The van der Waals surface area contributed by atoms with Crippen molar-refractivity contribution in [2.75, 3.05) is 25.5 Å². The van der Waals surface area contributed by atoms with Crippen LogP contribution in [-0.2, 0) is 50.2 Å². The van der Waals surface area contributed by atoms with Crippen LogP contribution in [0.25, 0.3) is 0 Å². The summed E-state index contributed by atoms with van der Waals surface area (Å²) in [6.45, 7) is 12.5. The molecule has 19 heteroatoms. The monoisotopic (exact) mass is 760 g/mol. The van der Waals surface area contributed by atoms with E-state index in [0.717, 1.165) is 28.4 Å². The largest absolute Gasteiger partial charge is 1.00 e. The number of hydrogen-bond acceptors (Lipinski definition) is 12. The molecule has 2 atom stereocenters. The van der Waals surface area contributed by atoms with Gasteiger partial charge >= 0.3 is 87.8 Å². The molecule has 0 saturated carbocycles. The van der Waals surface area contributed by atoms with E-state index in [4.69, 9.17) is 44.1 Å². The fourth-order valence-electron chi connectivity index (χ4n) is 4.92. The van der Waals surface area contributed by atoms with Crippen molar-refractivity contribution < 1.29 is 105 Å². The van der Waals surface area contributed by atoms with Crippen LogP contribution in [0.1, 0.15) is 65.5 Å². The third-order valence-electron chi connectivity index (χ3n) is 7.55. The molecular formula is C28H39KN2O12P2S2. The van der Waals surface area contributed by atoms with Crippen molar-refractivity contribution in [3.8, 4) is 0 Å². The second kappa shape index (κ2) is 20.6. The standard InChI is InChI=1S/C16H24NO3P.C12H15NO3P.K.2O3S/c1-5-19-21(18,20-6-2)12-11-16(4)13(3)17-15-10-8-7-9-14(15)16;1-9-12(2,7-8-17(14,15)16)10-5-3-4-6-11(10)13-9;;2*1-4(2)3/h7-10H,5-6,11-12H2,1-4H3;4-6H,7-8H2,1-2H3,(H2,14,15,16);;;/q;-1;+1;;. The molecule has 0 aromatic heterocycles. The van der Waals surface area contributed by atoms with E-state index < -0.39 is 36.4 Å². The van der Waals surface area contributed by atoms with Gasteiger partial charge in [0.25, 0.3) is 0 Å². The van der Waals surface area contributed by atoms with Gasteiger partial charge in [-0.1, -0.05) is 32.0 Å². The van der Waals surface area contributed by atoms with Crippen molar-refractivity contribution in [3.63, 3.8) is 0 Å². The SMILES string of the molecule is CC1=Nc2cc[c-]cc2C1(C)CCP(=O)(O)O.CCOP(=O)(CCC1(C)C(C)=Nc2ccccc21)OCC.O=S(=O)=O.O=S(=O)=O.[K+]. The fraction of sp³-hybridized carbons (Fsp3) is 0.500. The van der Waals surface area contributed by atoms with Crippen LogP contribution in [-0.4, -0.2) is 72.0 Å². The van der Waals surface area contributed by atoms with Crippen molar-refractivity contribution in [1.82, 2.24) is 0 Å². The summed E-state index contributed by atoms with van der Waals surface area (Å²) in [6, 6.07) is 16.7. The molecule has 14 nitrogen and oxygen atoms in total. The average molecular weight is 761 g/mol. The molecule has 2 unspecified atom stereocenters. The van der Waals surface area contributed by atoms with Gasteiger partial charge in [-0.15, -0.1) is 36.9 Å². The van der Waals surface area contributed by atoms with E-state index in [9.17, 15) is 9.13 Å². The van der Waals surface area contributed by atoms with Gasteiger partial charge in [0, 0.05) is 16.8 Å². The summed E-state index contributed by atoms with van der Waals surface area (Å²) < 4.78 is 85.1. The van der Waals surface area contributed by atoms with E-state index in [0.29, 0.717) is 32.2 Å². The molecule has 0 radical (unpaired) electrons. The summed E-state index contributed by atoms with van der Waals surface area (Å²) in [5, 5.41) is 0. The zero-order valence-electron chi connectivity index (χ0n) is 27.4. The van der Waals surface area contributed by atoms with Crippen LogP contribution in [0, 0.1) is 6.07 Å². The maximum Gasteiger partial charge on any atom is 1.00 e. The van der Waals surface area contributed by atoms with Crippen LogP contribution in [0.2, 0.25) is 0 Å². The van der Waals surface area contributed by atoms with Crippen molar-refractivity contribution in [1.29, 1.82) is 0 Å². The molecule has 256 valence electrons. The second-order valence-corrected chi connectivity index (χ2v) is 15.3. The zero-order chi connectivity index (χ0) is 35.3. The van der Waals surface area contributed by atoms with Gasteiger partial charge in [0.05, 0.1) is 31.2 Å². The average Bonchev–Trinajstić information content (AvgIpc) is 3.35. The van der Waals surface area contributed by atoms with Crippen LogP contribution in [0.4, 0.5) is 11.4 Å². The molecule has 0 fully saturated rings. The fourth-order valence-corrected chi connectivity index (χ4v) is 7.50. The van der Waals surface area contributed by atoms with Crippen LogP contribution in [0.15, 0.2) is 52.4 Å². The minimum Gasteiger partial charge on any atom is -0.324 e. The molecule has 2 aromatic rings. The van der Waals surface area contributed by atoms with Crippen molar-refractivity contribution >= 4 is 59.2 Å². The summed E-state index contributed by atoms with van der Waals surface area (Å²) >= 11 is 0. The van der Waals surface area contributed by atoms with E-state index in [1.807, 2.05) is 65.0 Å². The van der Waals surface area contributed by atoms with Gasteiger partial charge in [0.1, 0.15) is 0 Å². The van der Waals surface area contributed by atoms with Gasteiger partial charge in [-0.3, -0.25) is 19.1 Å². The Bertz CT molecular complexity index is 1700. The third kappa shape index (κ3) is 14.8. The van der Waals surface area contributed by atoms with Crippen molar-refractivity contribution in [2.45, 2.75) is 65.2 Å².